The van der Waals surface area contributed by atoms with E-state index in [0.29, 0.717) is 11.5 Å². The van der Waals surface area contributed by atoms with Gasteiger partial charge in [0.25, 0.3) is 0 Å². The zero-order valence-electron chi connectivity index (χ0n) is 10.3. The molecule has 2 nitrogen and oxygen atoms in total. The maximum absolute atomic E-state index is 9.92. The van der Waals surface area contributed by atoms with Gasteiger partial charge in [-0.15, -0.1) is 0 Å². The maximum atomic E-state index is 9.92. The largest absolute Gasteiger partial charge is 0.508 e. The van der Waals surface area contributed by atoms with Crippen molar-refractivity contribution in [2.75, 3.05) is 0 Å². The molecule has 2 aromatic rings. The fourth-order valence-electron chi connectivity index (χ4n) is 1.97. The number of phenols is 2. The quantitative estimate of drug-likeness (QED) is 0.781. The fourth-order valence-corrected chi connectivity index (χ4v) is 1.97. The van der Waals surface area contributed by atoms with Crippen molar-refractivity contribution in [3.8, 4) is 22.6 Å². The van der Waals surface area contributed by atoms with Gasteiger partial charge in [0.15, 0.2) is 0 Å². The topological polar surface area (TPSA) is 40.5 Å². The Morgan fingerprint density at radius 1 is 0.824 bits per heavy atom. The van der Waals surface area contributed by atoms with E-state index in [1.54, 1.807) is 6.07 Å². The van der Waals surface area contributed by atoms with Gasteiger partial charge >= 0.3 is 0 Å². The van der Waals surface area contributed by atoms with E-state index in [9.17, 15) is 10.2 Å². The van der Waals surface area contributed by atoms with Crippen LogP contribution in [0.1, 0.15) is 16.7 Å². The van der Waals surface area contributed by atoms with Crippen LogP contribution in [0.4, 0.5) is 0 Å². The third-order valence-corrected chi connectivity index (χ3v) is 3.14. The summed E-state index contributed by atoms with van der Waals surface area (Å²) in [6.45, 7) is 5.65. The summed E-state index contributed by atoms with van der Waals surface area (Å²) in [5.74, 6) is 0.635. The molecule has 2 N–H and O–H groups in total. The highest BCUT2D eigenvalue weighted by Crippen LogP contribution is 2.33. The summed E-state index contributed by atoms with van der Waals surface area (Å²) in [5, 5.41) is 19.4. The van der Waals surface area contributed by atoms with Crippen LogP contribution >= 0.6 is 0 Å². The molecule has 0 heterocycles. The van der Waals surface area contributed by atoms with Crippen molar-refractivity contribution in [3.63, 3.8) is 0 Å². The Morgan fingerprint density at radius 2 is 1.53 bits per heavy atom. The standard InChI is InChI=1S/C15H16O2/c1-9-4-6-13(11(3)15(9)17)12-5-7-14(16)10(2)8-12/h4-8,16-17H,1-3H3. The van der Waals surface area contributed by atoms with E-state index in [1.807, 2.05) is 45.0 Å². The van der Waals surface area contributed by atoms with Crippen LogP contribution in [0, 0.1) is 20.8 Å². The Morgan fingerprint density at radius 3 is 2.18 bits per heavy atom. The minimum absolute atomic E-state index is 0.294. The van der Waals surface area contributed by atoms with E-state index in [4.69, 9.17) is 0 Å². The zero-order valence-corrected chi connectivity index (χ0v) is 10.3. The Hall–Kier alpha value is -1.96. The highest BCUT2D eigenvalue weighted by molar-refractivity contribution is 5.72. The van der Waals surface area contributed by atoms with Crippen LogP contribution in [-0.4, -0.2) is 10.2 Å². The molecule has 0 spiro atoms. The van der Waals surface area contributed by atoms with E-state index in [-0.39, 0.29) is 0 Å². The van der Waals surface area contributed by atoms with Gasteiger partial charge in [0, 0.05) is 0 Å². The summed E-state index contributed by atoms with van der Waals surface area (Å²) in [7, 11) is 0. The van der Waals surface area contributed by atoms with Crippen molar-refractivity contribution >= 4 is 0 Å². The summed E-state index contributed by atoms with van der Waals surface area (Å²) in [4.78, 5) is 0. The van der Waals surface area contributed by atoms with Crippen molar-refractivity contribution in [3.05, 3.63) is 47.0 Å². The van der Waals surface area contributed by atoms with E-state index < -0.39 is 0 Å². The fraction of sp³-hybridized carbons (Fsp3) is 0.200. The third kappa shape index (κ3) is 1.98. The molecular formula is C15H16O2. The van der Waals surface area contributed by atoms with Gasteiger partial charge in [0.1, 0.15) is 11.5 Å². The molecule has 0 fully saturated rings. The molecule has 0 saturated carbocycles. The van der Waals surface area contributed by atoms with Gasteiger partial charge in [-0.3, -0.25) is 0 Å². The second kappa shape index (κ2) is 4.13. The second-order valence-electron chi connectivity index (χ2n) is 4.40. The second-order valence-corrected chi connectivity index (χ2v) is 4.40. The molecule has 0 aliphatic rings. The monoisotopic (exact) mass is 228 g/mol. The van der Waals surface area contributed by atoms with Gasteiger partial charge in [-0.2, -0.15) is 0 Å². The lowest BCUT2D eigenvalue weighted by Crippen LogP contribution is -1.87. The van der Waals surface area contributed by atoms with Crippen LogP contribution in [-0.2, 0) is 0 Å². The first-order chi connectivity index (χ1) is 8.00. The molecule has 0 aliphatic carbocycles. The van der Waals surface area contributed by atoms with E-state index in [0.717, 1.165) is 27.8 Å². The summed E-state index contributed by atoms with van der Waals surface area (Å²) < 4.78 is 0. The van der Waals surface area contributed by atoms with E-state index in [1.165, 1.54) is 0 Å². The number of aryl methyl sites for hydroxylation is 2. The van der Waals surface area contributed by atoms with Gasteiger partial charge in [-0.25, -0.2) is 0 Å². The van der Waals surface area contributed by atoms with Gasteiger partial charge < -0.3 is 10.2 Å². The molecule has 17 heavy (non-hydrogen) atoms. The molecule has 2 heteroatoms. The first kappa shape index (κ1) is 11.5. The normalized spacial score (nSPS) is 10.5. The van der Waals surface area contributed by atoms with Crippen LogP contribution in [0.25, 0.3) is 11.1 Å². The molecule has 0 amide bonds. The first-order valence-electron chi connectivity index (χ1n) is 5.60. The van der Waals surface area contributed by atoms with Crippen molar-refractivity contribution in [2.24, 2.45) is 0 Å². The minimum Gasteiger partial charge on any atom is -0.508 e. The molecule has 0 aliphatic heterocycles. The first-order valence-corrected chi connectivity index (χ1v) is 5.60. The lowest BCUT2D eigenvalue weighted by Gasteiger charge is -2.11. The molecular weight excluding hydrogens is 212 g/mol. The summed E-state index contributed by atoms with van der Waals surface area (Å²) >= 11 is 0. The number of aromatic hydroxyl groups is 2. The summed E-state index contributed by atoms with van der Waals surface area (Å²) in [6, 6.07) is 9.36. The molecule has 88 valence electrons. The Labute approximate surface area is 101 Å². The zero-order chi connectivity index (χ0) is 12.6. The number of hydrogen-bond donors (Lipinski definition) is 2. The maximum Gasteiger partial charge on any atom is 0.122 e. The van der Waals surface area contributed by atoms with Crippen molar-refractivity contribution in [2.45, 2.75) is 20.8 Å². The minimum atomic E-state index is 0.294. The number of benzene rings is 2. The van der Waals surface area contributed by atoms with Crippen LogP contribution in [0.5, 0.6) is 11.5 Å². The predicted molar refractivity (Wildman–Crippen MR) is 69.4 cm³/mol. The molecule has 0 radical (unpaired) electrons. The molecule has 2 rings (SSSR count). The molecule has 0 saturated heterocycles. The summed E-state index contributed by atoms with van der Waals surface area (Å²) in [6.07, 6.45) is 0. The molecule has 0 atom stereocenters. The van der Waals surface area contributed by atoms with Crippen LogP contribution in [0.15, 0.2) is 30.3 Å². The number of rotatable bonds is 1. The van der Waals surface area contributed by atoms with Gasteiger partial charge in [-0.1, -0.05) is 18.2 Å². The van der Waals surface area contributed by atoms with Crippen molar-refractivity contribution < 1.29 is 10.2 Å². The molecule has 0 unspecified atom stereocenters. The van der Waals surface area contributed by atoms with Crippen molar-refractivity contribution in [1.29, 1.82) is 0 Å². The Kier molecular flexibility index (Phi) is 2.80. The van der Waals surface area contributed by atoms with Crippen LogP contribution in [0.2, 0.25) is 0 Å². The van der Waals surface area contributed by atoms with Gasteiger partial charge in [0.05, 0.1) is 0 Å². The van der Waals surface area contributed by atoms with E-state index in [2.05, 4.69) is 0 Å². The van der Waals surface area contributed by atoms with Crippen LogP contribution in [0.3, 0.4) is 0 Å². The van der Waals surface area contributed by atoms with E-state index >= 15 is 0 Å². The molecule has 0 bridgehead atoms. The van der Waals surface area contributed by atoms with Crippen molar-refractivity contribution in [1.82, 2.24) is 0 Å². The lowest BCUT2D eigenvalue weighted by atomic mass is 9.96. The van der Waals surface area contributed by atoms with Crippen LogP contribution < -0.4 is 0 Å². The smallest absolute Gasteiger partial charge is 0.122 e. The molecule has 0 aromatic heterocycles. The van der Waals surface area contributed by atoms with Gasteiger partial charge in [0.2, 0.25) is 0 Å². The predicted octanol–water partition coefficient (Wildman–Crippen LogP) is 3.69. The Bertz CT molecular complexity index is 571. The lowest BCUT2D eigenvalue weighted by molar-refractivity contribution is 0.467. The third-order valence-electron chi connectivity index (χ3n) is 3.14. The summed E-state index contributed by atoms with van der Waals surface area (Å²) in [5.41, 5.74) is 4.59. The SMILES string of the molecule is Cc1cc(-c2ccc(C)c(O)c2C)ccc1O. The number of phenolic OH excluding ortho intramolecular Hbond substituents is 2. The molecule has 2 aromatic carbocycles. The number of hydrogen-bond acceptors (Lipinski definition) is 2. The average Bonchev–Trinajstić information content (AvgIpc) is 2.30. The highest BCUT2D eigenvalue weighted by atomic mass is 16.3. The highest BCUT2D eigenvalue weighted by Gasteiger charge is 2.08. The van der Waals surface area contributed by atoms with Gasteiger partial charge in [-0.05, 0) is 60.7 Å². The average molecular weight is 228 g/mol. The Balaban J connectivity index is 2.61.